The van der Waals surface area contributed by atoms with Crippen molar-refractivity contribution in [1.29, 1.82) is 0 Å². The maximum Gasteiger partial charge on any atom is 0.337 e. The lowest BCUT2D eigenvalue weighted by Gasteiger charge is -2.19. The molecule has 0 heterocycles. The maximum atomic E-state index is 11.7. The highest BCUT2D eigenvalue weighted by Crippen LogP contribution is 2.23. The molecule has 81 heavy (non-hydrogen) atoms. The van der Waals surface area contributed by atoms with E-state index in [9.17, 15) is 14.4 Å². The number of methoxy groups -OCH3 is 3. The molecular formula is C69H104O12. The number of esters is 3. The molecule has 0 N–H and O–H groups in total. The molecule has 0 unspecified atom stereocenters. The lowest BCUT2D eigenvalue weighted by molar-refractivity contribution is -0.154. The minimum Gasteiger partial charge on any atom is -0.494 e. The molecule has 0 fully saturated rings. The predicted molar refractivity (Wildman–Crippen MR) is 329 cm³/mol. The second-order valence-corrected chi connectivity index (χ2v) is 21.2. The fourth-order valence-corrected chi connectivity index (χ4v) is 9.43. The highest BCUT2D eigenvalue weighted by atomic mass is 16.7. The quantitative estimate of drug-likeness (QED) is 0.0175. The summed E-state index contributed by atoms with van der Waals surface area (Å²) in [6, 6.07) is 22.3. The lowest BCUT2D eigenvalue weighted by atomic mass is 10.1. The van der Waals surface area contributed by atoms with E-state index in [0.29, 0.717) is 43.1 Å². The van der Waals surface area contributed by atoms with Gasteiger partial charge in [0.2, 0.25) is 0 Å². The molecule has 0 aliphatic rings. The topological polar surface area (TPSA) is 134 Å². The Balaban J connectivity index is 1.18. The van der Waals surface area contributed by atoms with Gasteiger partial charge in [0.25, 0.3) is 0 Å². The zero-order chi connectivity index (χ0) is 58.2. The van der Waals surface area contributed by atoms with Crippen LogP contribution in [0.3, 0.4) is 0 Å². The third kappa shape index (κ3) is 33.9. The normalized spacial score (nSPS) is 11.1. The predicted octanol–water partition coefficient (Wildman–Crippen LogP) is 17.3. The SMILES string of the molecule is C=C(C(=O)OC)c1ccc(OCCCCCCCCCCCCOCCC(OCCCCCCCCCCCCOc2ccc(C(=C)C(=O)OC)cc2)OCCCCCCCCCCCCOc2ccc(C(=C)C(=O)OC)cc2)cc1. The molecule has 0 radical (unpaired) electrons. The van der Waals surface area contributed by atoms with E-state index >= 15 is 0 Å². The zero-order valence-electron chi connectivity index (χ0n) is 50.4. The zero-order valence-corrected chi connectivity index (χ0v) is 50.4. The average Bonchev–Trinajstić information content (AvgIpc) is 3.52. The Morgan fingerprint density at radius 3 is 0.778 bits per heavy atom. The van der Waals surface area contributed by atoms with Crippen molar-refractivity contribution in [3.63, 3.8) is 0 Å². The van der Waals surface area contributed by atoms with Crippen LogP contribution in [0, 0.1) is 0 Å². The molecule has 12 nitrogen and oxygen atoms in total. The smallest absolute Gasteiger partial charge is 0.337 e. The molecule has 0 amide bonds. The summed E-state index contributed by atoms with van der Waals surface area (Å²) < 4.78 is 50.7. The van der Waals surface area contributed by atoms with Crippen LogP contribution in [0.25, 0.3) is 16.7 Å². The molecular weight excluding hydrogens is 1020 g/mol. The van der Waals surface area contributed by atoms with Crippen LogP contribution in [-0.4, -0.2) is 91.8 Å². The molecule has 0 aliphatic carbocycles. The van der Waals surface area contributed by atoms with E-state index in [1.54, 1.807) is 0 Å². The summed E-state index contributed by atoms with van der Waals surface area (Å²) in [6.45, 7) is 16.4. The first-order valence-electron chi connectivity index (χ1n) is 31.0. The Bertz CT molecular complexity index is 2020. The van der Waals surface area contributed by atoms with Crippen LogP contribution in [0.5, 0.6) is 17.2 Å². The highest BCUT2D eigenvalue weighted by Gasteiger charge is 2.13. The summed E-state index contributed by atoms with van der Waals surface area (Å²) in [5.74, 6) is 1.15. The third-order valence-corrected chi connectivity index (χ3v) is 14.6. The number of unbranched alkanes of at least 4 members (excludes halogenated alkanes) is 27. The van der Waals surface area contributed by atoms with Crippen molar-refractivity contribution in [1.82, 2.24) is 0 Å². The molecule has 0 spiro atoms. The number of ether oxygens (including phenoxy) is 9. The van der Waals surface area contributed by atoms with Gasteiger partial charge in [-0.3, -0.25) is 0 Å². The van der Waals surface area contributed by atoms with Crippen molar-refractivity contribution in [2.24, 2.45) is 0 Å². The number of carbonyl (C=O) groups excluding carboxylic acids is 3. The van der Waals surface area contributed by atoms with E-state index in [-0.39, 0.29) is 6.29 Å². The van der Waals surface area contributed by atoms with E-state index in [1.807, 2.05) is 72.8 Å². The Morgan fingerprint density at radius 2 is 0.531 bits per heavy atom. The van der Waals surface area contributed by atoms with Crippen LogP contribution in [0.2, 0.25) is 0 Å². The van der Waals surface area contributed by atoms with Gasteiger partial charge in [-0.1, -0.05) is 210 Å². The van der Waals surface area contributed by atoms with Crippen molar-refractivity contribution < 1.29 is 57.0 Å². The molecule has 0 bridgehead atoms. The molecule has 0 saturated heterocycles. The molecule has 0 aromatic heterocycles. The van der Waals surface area contributed by atoms with E-state index in [0.717, 1.165) is 98.7 Å². The molecule has 3 rings (SSSR count). The van der Waals surface area contributed by atoms with Gasteiger partial charge in [0.1, 0.15) is 17.2 Å². The summed E-state index contributed by atoms with van der Waals surface area (Å²) in [5, 5.41) is 0. The Hall–Kier alpha value is -5.43. The van der Waals surface area contributed by atoms with Gasteiger partial charge in [0.15, 0.2) is 6.29 Å². The highest BCUT2D eigenvalue weighted by molar-refractivity contribution is 6.16. The first-order valence-corrected chi connectivity index (χ1v) is 31.0. The summed E-state index contributed by atoms with van der Waals surface area (Å²) in [4.78, 5) is 35.1. The van der Waals surface area contributed by atoms with E-state index in [4.69, 9.17) is 42.6 Å². The van der Waals surface area contributed by atoms with Crippen molar-refractivity contribution in [3.05, 3.63) is 109 Å². The third-order valence-electron chi connectivity index (χ3n) is 14.6. The van der Waals surface area contributed by atoms with Crippen LogP contribution in [0.15, 0.2) is 92.5 Å². The number of rotatable bonds is 53. The van der Waals surface area contributed by atoms with E-state index in [2.05, 4.69) is 19.7 Å². The number of hydrogen-bond donors (Lipinski definition) is 0. The standard InChI is InChI=1S/C69H104O12/c1-57(67(70)73-4)60-37-43-63(44-38-60)77-51-32-26-20-14-8-7-13-19-25-31-50-76-56-49-66(80-54-35-29-23-17-11-9-15-21-27-33-52-78-64-45-39-61(40-46-64)58(2)68(71)74-5)81-55-36-30-24-18-12-10-16-22-28-34-53-79-65-47-41-62(42-48-65)59(3)69(72)75-6/h37-48,66H,1-3,7-36,49-56H2,4-6H3. The van der Waals surface area contributed by atoms with Gasteiger partial charge in [-0.15, -0.1) is 0 Å². The largest absolute Gasteiger partial charge is 0.494 e. The fourth-order valence-electron chi connectivity index (χ4n) is 9.43. The number of carbonyl (C=O) groups is 3. The van der Waals surface area contributed by atoms with Crippen LogP contribution >= 0.6 is 0 Å². The van der Waals surface area contributed by atoms with Crippen LogP contribution < -0.4 is 14.2 Å². The van der Waals surface area contributed by atoms with Gasteiger partial charge in [-0.05, 0) is 91.6 Å². The minimum absolute atomic E-state index is 0.203. The van der Waals surface area contributed by atoms with Crippen molar-refractivity contribution in [2.75, 3.05) is 67.6 Å². The van der Waals surface area contributed by atoms with Crippen molar-refractivity contribution >= 4 is 34.6 Å². The minimum atomic E-state index is -0.422. The number of hydrogen-bond acceptors (Lipinski definition) is 12. The Morgan fingerprint density at radius 1 is 0.309 bits per heavy atom. The fraction of sp³-hybridized carbons (Fsp3) is 0.609. The molecule has 0 saturated carbocycles. The second-order valence-electron chi connectivity index (χ2n) is 21.2. The van der Waals surface area contributed by atoms with Gasteiger partial charge in [0, 0.05) is 26.2 Å². The summed E-state index contributed by atoms with van der Waals surface area (Å²) in [7, 11) is 4.08. The van der Waals surface area contributed by atoms with Gasteiger partial charge in [-0.25, -0.2) is 14.4 Å². The van der Waals surface area contributed by atoms with Gasteiger partial charge < -0.3 is 42.6 Å². The molecule has 0 aliphatic heterocycles. The van der Waals surface area contributed by atoms with Crippen LogP contribution in [0.4, 0.5) is 0 Å². The molecule has 12 heteroatoms. The number of benzene rings is 3. The molecule has 0 atom stereocenters. The van der Waals surface area contributed by atoms with Crippen molar-refractivity contribution in [3.8, 4) is 17.2 Å². The van der Waals surface area contributed by atoms with Gasteiger partial charge in [0.05, 0.1) is 64.5 Å². The second kappa shape index (κ2) is 47.1. The summed E-state index contributed by atoms with van der Waals surface area (Å²) in [5.41, 5.74) is 3.26. The summed E-state index contributed by atoms with van der Waals surface area (Å²) in [6.07, 6.45) is 36.9. The molecule has 3 aromatic carbocycles. The van der Waals surface area contributed by atoms with Gasteiger partial charge >= 0.3 is 17.9 Å². The Labute approximate surface area is 489 Å². The maximum absolute atomic E-state index is 11.7. The van der Waals surface area contributed by atoms with Gasteiger partial charge in [-0.2, -0.15) is 0 Å². The van der Waals surface area contributed by atoms with Crippen LogP contribution in [-0.2, 0) is 42.8 Å². The first kappa shape index (κ1) is 69.8. The van der Waals surface area contributed by atoms with Crippen molar-refractivity contribution in [2.45, 2.75) is 205 Å². The molecule has 452 valence electrons. The summed E-state index contributed by atoms with van der Waals surface area (Å²) >= 11 is 0. The van der Waals surface area contributed by atoms with Crippen LogP contribution in [0.1, 0.15) is 216 Å². The van der Waals surface area contributed by atoms with E-state index < -0.39 is 17.9 Å². The lowest BCUT2D eigenvalue weighted by Crippen LogP contribution is -2.21. The average molecular weight is 1130 g/mol. The first-order chi connectivity index (χ1) is 39.7. The van der Waals surface area contributed by atoms with E-state index in [1.165, 1.54) is 175 Å². The Kier molecular flexibility index (Phi) is 40.6. The molecule has 3 aromatic rings. The monoisotopic (exact) mass is 1120 g/mol.